The molecule has 0 bridgehead atoms. The first kappa shape index (κ1) is 19.7. The number of hydrogen-bond acceptors (Lipinski definition) is 0. The number of para-hydroxylation sites is 4. The maximum atomic E-state index is 3.33. The van der Waals surface area contributed by atoms with Crippen LogP contribution in [0.25, 0.3) is 22.1 Å². The summed E-state index contributed by atoms with van der Waals surface area (Å²) in [6.07, 6.45) is 0. The number of rotatable bonds is 5. The first-order valence-corrected chi connectivity index (χ1v) is 11.5. The van der Waals surface area contributed by atoms with Gasteiger partial charge in [0.15, 0.2) is 0 Å². The monoisotopic (exact) mass is 506 g/mol. The van der Waals surface area contributed by atoms with Gasteiger partial charge in [-0.3, -0.25) is 0 Å². The van der Waals surface area contributed by atoms with E-state index in [1.807, 2.05) is 0 Å². The Bertz CT molecular complexity index is 1170. The van der Waals surface area contributed by atoms with E-state index in [-0.39, 0.29) is 0 Å². The molecule has 28 heavy (non-hydrogen) atoms. The van der Waals surface area contributed by atoms with Gasteiger partial charge in [0.1, 0.15) is 0 Å². The van der Waals surface area contributed by atoms with Crippen LogP contribution in [0.5, 0.6) is 0 Å². The third-order valence-electron chi connectivity index (χ3n) is 5.32. The molecule has 0 unspecified atom stereocenters. The first-order valence-electron chi connectivity index (χ1n) is 9.81. The Kier molecular flexibility index (Phi) is 5.41. The van der Waals surface area contributed by atoms with Crippen molar-refractivity contribution in [1.29, 1.82) is 0 Å². The fraction of sp³-hybridized carbons (Fsp3) is 0.364. The molecular weight excluding hydrogens is 478 g/mol. The number of aromatic nitrogens is 4. The zero-order valence-corrected chi connectivity index (χ0v) is 20.2. The molecule has 6 heteroatoms. The van der Waals surface area contributed by atoms with Crippen LogP contribution in [0.2, 0.25) is 0 Å². The van der Waals surface area contributed by atoms with Crippen molar-refractivity contribution in [3.8, 4) is 0 Å². The molecule has 4 rings (SSSR count). The van der Waals surface area contributed by atoms with Gasteiger partial charge in [0, 0.05) is 0 Å². The average molecular weight is 504 g/mol. The molecule has 0 saturated heterocycles. The number of benzene rings is 2. The van der Waals surface area contributed by atoms with Crippen LogP contribution in [0.15, 0.2) is 48.5 Å². The molecule has 0 atom stereocenters. The molecular formula is C22H26N4Se2. The summed E-state index contributed by atoms with van der Waals surface area (Å²) in [5.74, 6) is 0. The second-order valence-corrected chi connectivity index (χ2v) is 9.31. The Morgan fingerprint density at radius 1 is 0.607 bits per heavy atom. The maximum absolute atomic E-state index is 3.33. The van der Waals surface area contributed by atoms with E-state index in [9.17, 15) is 0 Å². The van der Waals surface area contributed by atoms with Gasteiger partial charge in [-0.25, -0.2) is 0 Å². The van der Waals surface area contributed by atoms with Crippen LogP contribution in [0, 0.1) is 8.65 Å². The van der Waals surface area contributed by atoms with Crippen molar-refractivity contribution in [2.75, 3.05) is 0 Å². The summed E-state index contributed by atoms with van der Waals surface area (Å²) in [7, 11) is 0. The topological polar surface area (TPSA) is 19.7 Å². The third kappa shape index (κ3) is 3.13. The summed E-state index contributed by atoms with van der Waals surface area (Å²) >= 11 is 6.65. The normalized spacial score (nSPS) is 12.1. The number of fused-ring (bicyclic) bond motifs is 2. The van der Waals surface area contributed by atoms with Gasteiger partial charge in [0.25, 0.3) is 0 Å². The van der Waals surface area contributed by atoms with Crippen LogP contribution < -0.4 is 0 Å². The van der Waals surface area contributed by atoms with Gasteiger partial charge in [-0.05, 0) is 0 Å². The Hall–Kier alpha value is -1.58. The van der Waals surface area contributed by atoms with E-state index in [0.29, 0.717) is 12.1 Å². The molecule has 0 aliphatic rings. The van der Waals surface area contributed by atoms with E-state index in [1.54, 1.807) is 0 Å². The molecule has 0 radical (unpaired) electrons. The Labute approximate surface area is 181 Å². The molecule has 2 aromatic carbocycles. The van der Waals surface area contributed by atoms with Gasteiger partial charge in [-0.15, -0.1) is 0 Å². The molecule has 0 amide bonds. The molecule has 4 nitrogen and oxygen atoms in total. The fourth-order valence-electron chi connectivity index (χ4n) is 4.09. The van der Waals surface area contributed by atoms with Crippen LogP contribution in [-0.4, -0.2) is 49.4 Å². The van der Waals surface area contributed by atoms with E-state index in [4.69, 9.17) is 0 Å². The van der Waals surface area contributed by atoms with Crippen molar-refractivity contribution < 1.29 is 0 Å². The fourth-order valence-corrected chi connectivity index (χ4v) is 6.19. The Morgan fingerprint density at radius 3 is 1.25 bits per heavy atom. The van der Waals surface area contributed by atoms with Crippen molar-refractivity contribution in [3.63, 3.8) is 0 Å². The van der Waals surface area contributed by atoms with Crippen molar-refractivity contribution in [2.45, 2.75) is 52.9 Å². The summed E-state index contributed by atoms with van der Waals surface area (Å²) < 4.78 is 12.0. The van der Waals surface area contributed by atoms with Gasteiger partial charge in [-0.2, -0.15) is 0 Å². The van der Waals surface area contributed by atoms with Crippen LogP contribution in [-0.2, 0) is 13.1 Å². The van der Waals surface area contributed by atoms with Crippen molar-refractivity contribution >= 4 is 53.2 Å². The van der Waals surface area contributed by atoms with E-state index < -0.39 is 0 Å². The zero-order chi connectivity index (χ0) is 20.0. The molecule has 4 aromatic rings. The minimum absolute atomic E-state index is 0.410. The molecule has 146 valence electrons. The summed E-state index contributed by atoms with van der Waals surface area (Å²) in [4.78, 5) is 0. The number of hydrogen-bond donors (Lipinski definition) is 0. The first-order chi connectivity index (χ1) is 13.4. The number of aryl methyl sites for hydroxylation is 2. The molecule has 0 aliphatic heterocycles. The third-order valence-corrected chi connectivity index (χ3v) is 7.07. The van der Waals surface area contributed by atoms with Gasteiger partial charge in [0.2, 0.25) is 0 Å². The summed E-state index contributed by atoms with van der Waals surface area (Å²) in [5.41, 5.74) is 5.12. The molecule has 0 aliphatic carbocycles. The summed E-state index contributed by atoms with van der Waals surface area (Å²) in [6.45, 7) is 10.8. The van der Waals surface area contributed by atoms with Crippen LogP contribution in [0.1, 0.15) is 39.8 Å². The Morgan fingerprint density at radius 2 is 0.929 bits per heavy atom. The van der Waals surface area contributed by atoms with Gasteiger partial charge < -0.3 is 0 Å². The molecule has 0 saturated carbocycles. The zero-order valence-electron chi connectivity index (χ0n) is 16.8. The second kappa shape index (κ2) is 7.68. The predicted molar refractivity (Wildman–Crippen MR) is 119 cm³/mol. The van der Waals surface area contributed by atoms with E-state index in [2.05, 4.69) is 126 Å². The van der Waals surface area contributed by atoms with Crippen LogP contribution in [0.4, 0.5) is 0 Å². The molecule has 0 spiro atoms. The molecule has 0 fully saturated rings. The average Bonchev–Trinajstić information content (AvgIpc) is 3.10. The molecule has 2 aromatic heterocycles. The van der Waals surface area contributed by atoms with E-state index >= 15 is 0 Å². The summed E-state index contributed by atoms with van der Waals surface area (Å²) in [5, 5.41) is 0. The Balaban J connectivity index is 1.82. The number of nitrogens with zero attached hydrogens (tertiary/aromatic N) is 4. The van der Waals surface area contributed by atoms with Crippen LogP contribution in [0.3, 0.4) is 0 Å². The minimum atomic E-state index is 0.410. The standard InChI is InChI=1S/C22H26N4Se2/c1-15(2)25-19-11-7-5-9-17(19)23(21(25)27)13-14-24-18-10-6-8-12-20(18)26(16(3)4)22(24)28/h5-12,15-16H,13-14H2,1-4H3. The van der Waals surface area contributed by atoms with Gasteiger partial charge >= 0.3 is 182 Å². The number of imidazole rings is 2. The summed E-state index contributed by atoms with van der Waals surface area (Å²) in [6, 6.07) is 18.2. The van der Waals surface area contributed by atoms with Crippen molar-refractivity contribution in [3.05, 3.63) is 57.2 Å². The van der Waals surface area contributed by atoms with Crippen LogP contribution >= 0.6 is 0 Å². The van der Waals surface area contributed by atoms with Gasteiger partial charge in [0.05, 0.1) is 0 Å². The second-order valence-electron chi connectivity index (χ2n) is 7.77. The van der Waals surface area contributed by atoms with Crippen molar-refractivity contribution in [2.24, 2.45) is 0 Å². The van der Waals surface area contributed by atoms with Crippen molar-refractivity contribution in [1.82, 2.24) is 18.3 Å². The SMILES string of the molecule is CC(C)n1c(=[Se])n(CCn2c(=[Se])n(C(C)C)c3ccccc32)c2ccccc21. The van der Waals surface area contributed by atoms with E-state index in [1.165, 1.54) is 30.7 Å². The quantitative estimate of drug-likeness (QED) is 0.358. The molecule has 0 N–H and O–H groups in total. The van der Waals surface area contributed by atoms with Gasteiger partial charge in [-0.1, -0.05) is 0 Å². The molecule has 2 heterocycles. The predicted octanol–water partition coefficient (Wildman–Crippen LogP) is 4.46. The van der Waals surface area contributed by atoms with E-state index in [0.717, 1.165) is 13.1 Å².